The van der Waals surface area contributed by atoms with Crippen molar-refractivity contribution < 1.29 is 19.1 Å². The minimum absolute atomic E-state index is 0.0560. The first kappa shape index (κ1) is 12.7. The molecule has 0 bridgehead atoms. The van der Waals surface area contributed by atoms with Gasteiger partial charge < -0.3 is 14.3 Å². The number of esters is 1. The van der Waals surface area contributed by atoms with Crippen molar-refractivity contribution in [2.45, 2.75) is 6.10 Å². The van der Waals surface area contributed by atoms with Crippen molar-refractivity contribution in [3.8, 4) is 0 Å². The Hall–Kier alpha value is -1.78. The highest BCUT2D eigenvalue weighted by molar-refractivity contribution is 6.30. The van der Waals surface area contributed by atoms with Crippen LogP contribution in [0.2, 0.25) is 5.02 Å². The van der Waals surface area contributed by atoms with Gasteiger partial charge in [0.05, 0.1) is 7.11 Å². The van der Waals surface area contributed by atoms with E-state index in [0.717, 1.165) is 0 Å². The topological polar surface area (TPSA) is 59.7 Å². The zero-order valence-corrected chi connectivity index (χ0v) is 10.3. The third-order valence-electron chi connectivity index (χ3n) is 2.47. The Labute approximate surface area is 109 Å². The molecule has 1 N–H and O–H groups in total. The average molecular weight is 267 g/mol. The molecule has 0 aliphatic rings. The van der Waals surface area contributed by atoms with Gasteiger partial charge in [-0.25, -0.2) is 4.79 Å². The van der Waals surface area contributed by atoms with Crippen molar-refractivity contribution in [1.82, 2.24) is 0 Å². The molecule has 94 valence electrons. The van der Waals surface area contributed by atoms with E-state index < -0.39 is 12.1 Å². The van der Waals surface area contributed by atoms with Crippen LogP contribution in [0, 0.1) is 0 Å². The molecule has 1 aromatic heterocycles. The maximum atomic E-state index is 11.2. The summed E-state index contributed by atoms with van der Waals surface area (Å²) in [5, 5.41) is 10.6. The average Bonchev–Trinajstić information content (AvgIpc) is 2.87. The van der Waals surface area contributed by atoms with E-state index in [4.69, 9.17) is 16.0 Å². The van der Waals surface area contributed by atoms with Crippen LogP contribution in [0.5, 0.6) is 0 Å². The van der Waals surface area contributed by atoms with Crippen LogP contribution in [0.1, 0.15) is 28.0 Å². The second kappa shape index (κ2) is 5.25. The maximum Gasteiger partial charge on any atom is 0.373 e. The second-order valence-electron chi connectivity index (χ2n) is 3.65. The van der Waals surface area contributed by atoms with Crippen molar-refractivity contribution in [3.63, 3.8) is 0 Å². The van der Waals surface area contributed by atoms with Crippen LogP contribution in [-0.4, -0.2) is 18.2 Å². The summed E-state index contributed by atoms with van der Waals surface area (Å²) < 4.78 is 9.74. The van der Waals surface area contributed by atoms with Crippen LogP contribution >= 0.6 is 11.6 Å². The second-order valence-corrected chi connectivity index (χ2v) is 4.08. The largest absolute Gasteiger partial charge is 0.463 e. The monoisotopic (exact) mass is 266 g/mol. The molecule has 2 rings (SSSR count). The molecule has 0 saturated heterocycles. The molecule has 2 aromatic rings. The summed E-state index contributed by atoms with van der Waals surface area (Å²) in [6, 6.07) is 9.71. The molecular weight excluding hydrogens is 256 g/mol. The number of methoxy groups -OCH3 is 1. The molecule has 0 aliphatic heterocycles. The summed E-state index contributed by atoms with van der Waals surface area (Å²) in [6.45, 7) is 0. The van der Waals surface area contributed by atoms with Gasteiger partial charge in [-0.05, 0) is 29.8 Å². The lowest BCUT2D eigenvalue weighted by Crippen LogP contribution is -2.00. The number of carbonyl (C=O) groups excluding carboxylic acids is 1. The van der Waals surface area contributed by atoms with E-state index >= 15 is 0 Å². The van der Waals surface area contributed by atoms with Gasteiger partial charge in [0.25, 0.3) is 0 Å². The molecule has 0 saturated carbocycles. The van der Waals surface area contributed by atoms with Crippen molar-refractivity contribution >= 4 is 17.6 Å². The highest BCUT2D eigenvalue weighted by Gasteiger charge is 2.17. The molecular formula is C13H11ClO4. The van der Waals surface area contributed by atoms with Crippen molar-refractivity contribution in [2.24, 2.45) is 0 Å². The number of benzene rings is 1. The summed E-state index contributed by atoms with van der Waals surface area (Å²) in [4.78, 5) is 11.2. The van der Waals surface area contributed by atoms with Crippen LogP contribution in [0.25, 0.3) is 0 Å². The SMILES string of the molecule is COC(=O)c1ccc(C(O)c2ccc(Cl)cc2)o1. The number of rotatable bonds is 3. The number of halogens is 1. The Morgan fingerprint density at radius 1 is 1.28 bits per heavy atom. The van der Waals surface area contributed by atoms with E-state index in [9.17, 15) is 9.90 Å². The number of hydrogen-bond donors (Lipinski definition) is 1. The third kappa shape index (κ3) is 2.55. The van der Waals surface area contributed by atoms with Crippen molar-refractivity contribution in [2.75, 3.05) is 7.11 Å². The number of hydrogen-bond acceptors (Lipinski definition) is 4. The molecule has 0 amide bonds. The van der Waals surface area contributed by atoms with Gasteiger partial charge in [-0.15, -0.1) is 0 Å². The minimum Gasteiger partial charge on any atom is -0.463 e. The first-order valence-corrected chi connectivity index (χ1v) is 5.61. The zero-order chi connectivity index (χ0) is 13.1. The summed E-state index contributed by atoms with van der Waals surface area (Å²) in [5.41, 5.74) is 0.630. The molecule has 1 unspecified atom stereocenters. The molecule has 1 atom stereocenters. The Morgan fingerprint density at radius 3 is 2.56 bits per heavy atom. The fourth-order valence-electron chi connectivity index (χ4n) is 1.52. The van der Waals surface area contributed by atoms with Crippen molar-refractivity contribution in [3.05, 3.63) is 58.5 Å². The molecule has 5 heteroatoms. The van der Waals surface area contributed by atoms with Gasteiger partial charge in [-0.1, -0.05) is 23.7 Å². The molecule has 1 aromatic carbocycles. The van der Waals surface area contributed by atoms with Crippen molar-refractivity contribution in [1.29, 1.82) is 0 Å². The Balaban J connectivity index is 2.23. The molecule has 1 heterocycles. The zero-order valence-electron chi connectivity index (χ0n) is 9.59. The number of furan rings is 1. The smallest absolute Gasteiger partial charge is 0.373 e. The van der Waals surface area contributed by atoms with Crippen LogP contribution in [0.4, 0.5) is 0 Å². The molecule has 0 aliphatic carbocycles. The Bertz CT molecular complexity index is 544. The highest BCUT2D eigenvalue weighted by Crippen LogP contribution is 2.25. The van der Waals surface area contributed by atoms with Crippen LogP contribution in [0.15, 0.2) is 40.8 Å². The van der Waals surface area contributed by atoms with Crippen LogP contribution < -0.4 is 0 Å². The number of aliphatic hydroxyl groups is 1. The van der Waals surface area contributed by atoms with E-state index in [1.165, 1.54) is 19.2 Å². The van der Waals surface area contributed by atoms with Gasteiger partial charge in [0, 0.05) is 5.02 Å². The van der Waals surface area contributed by atoms with Crippen LogP contribution in [0.3, 0.4) is 0 Å². The molecule has 0 radical (unpaired) electrons. The van der Waals surface area contributed by atoms with Gasteiger partial charge in [-0.3, -0.25) is 0 Å². The molecule has 0 spiro atoms. The third-order valence-corrected chi connectivity index (χ3v) is 2.72. The fourth-order valence-corrected chi connectivity index (χ4v) is 1.65. The van der Waals surface area contributed by atoms with Gasteiger partial charge in [-0.2, -0.15) is 0 Å². The Morgan fingerprint density at radius 2 is 1.94 bits per heavy atom. The standard InChI is InChI=1S/C13H11ClO4/c1-17-13(16)11-7-6-10(18-11)12(15)8-2-4-9(14)5-3-8/h2-7,12,15H,1H3. The maximum absolute atomic E-state index is 11.2. The number of aliphatic hydroxyl groups excluding tert-OH is 1. The summed E-state index contributed by atoms with van der Waals surface area (Å²) in [5.74, 6) is -0.247. The number of ether oxygens (including phenoxy) is 1. The first-order chi connectivity index (χ1) is 8.61. The predicted molar refractivity (Wildman–Crippen MR) is 65.6 cm³/mol. The van der Waals surface area contributed by atoms with E-state index in [2.05, 4.69) is 4.74 Å². The van der Waals surface area contributed by atoms with Crippen LogP contribution in [-0.2, 0) is 4.74 Å². The van der Waals surface area contributed by atoms with E-state index in [1.54, 1.807) is 24.3 Å². The Kier molecular flexibility index (Phi) is 3.69. The summed E-state index contributed by atoms with van der Waals surface area (Å²) in [6.07, 6.45) is -0.944. The lowest BCUT2D eigenvalue weighted by molar-refractivity contribution is 0.0558. The number of carbonyl (C=O) groups is 1. The van der Waals surface area contributed by atoms with Gasteiger partial charge >= 0.3 is 5.97 Å². The van der Waals surface area contributed by atoms with Gasteiger partial charge in [0.1, 0.15) is 11.9 Å². The van der Waals surface area contributed by atoms with E-state index in [0.29, 0.717) is 10.6 Å². The normalized spacial score (nSPS) is 12.2. The van der Waals surface area contributed by atoms with Gasteiger partial charge in [0.2, 0.25) is 5.76 Å². The molecule has 18 heavy (non-hydrogen) atoms. The minimum atomic E-state index is -0.944. The van der Waals surface area contributed by atoms with Gasteiger partial charge in [0.15, 0.2) is 0 Å². The summed E-state index contributed by atoms with van der Waals surface area (Å²) >= 11 is 5.76. The summed E-state index contributed by atoms with van der Waals surface area (Å²) in [7, 11) is 1.26. The predicted octanol–water partition coefficient (Wildman–Crippen LogP) is 2.80. The fraction of sp³-hybridized carbons (Fsp3) is 0.154. The highest BCUT2D eigenvalue weighted by atomic mass is 35.5. The van der Waals surface area contributed by atoms with E-state index in [-0.39, 0.29) is 11.5 Å². The molecule has 0 fully saturated rings. The lowest BCUT2D eigenvalue weighted by Gasteiger charge is -2.07. The quantitative estimate of drug-likeness (QED) is 0.868. The lowest BCUT2D eigenvalue weighted by atomic mass is 10.1. The molecule has 4 nitrogen and oxygen atoms in total. The first-order valence-electron chi connectivity index (χ1n) is 5.23. The van der Waals surface area contributed by atoms with E-state index in [1.807, 2.05) is 0 Å².